The number of hydrogen-bond donors (Lipinski definition) is 2. The Morgan fingerprint density at radius 1 is 1.25 bits per heavy atom. The molecule has 0 aromatic carbocycles. The highest BCUT2D eigenvalue weighted by atomic mass is 33.1. The van der Waals surface area contributed by atoms with Crippen LogP contribution in [-0.4, -0.2) is 31.8 Å². The van der Waals surface area contributed by atoms with E-state index in [2.05, 4.69) is 0 Å². The molecule has 1 rings (SSSR count). The van der Waals surface area contributed by atoms with Crippen molar-refractivity contribution < 1.29 is 18.6 Å². The van der Waals surface area contributed by atoms with Gasteiger partial charge >= 0.3 is 0 Å². The Morgan fingerprint density at radius 2 is 1.92 bits per heavy atom. The zero-order valence-corrected chi connectivity index (χ0v) is 7.73. The van der Waals surface area contributed by atoms with Gasteiger partial charge < -0.3 is 10.2 Å². The summed E-state index contributed by atoms with van der Waals surface area (Å²) in [6.45, 7) is -0.788. The first-order chi connectivity index (χ1) is 5.60. The van der Waals surface area contributed by atoms with Crippen LogP contribution in [0.5, 0.6) is 0 Å². The van der Waals surface area contributed by atoms with Gasteiger partial charge in [-0.15, -0.1) is 0 Å². The van der Waals surface area contributed by atoms with Crippen molar-refractivity contribution in [2.75, 3.05) is 13.2 Å². The molecule has 1 aliphatic heterocycles. The van der Waals surface area contributed by atoms with Crippen LogP contribution >= 0.6 is 10.8 Å². The van der Waals surface area contributed by atoms with Gasteiger partial charge in [-0.25, -0.2) is 8.42 Å². The van der Waals surface area contributed by atoms with Crippen molar-refractivity contribution in [3.8, 4) is 0 Å². The predicted molar refractivity (Wildman–Crippen MR) is 46.8 cm³/mol. The van der Waals surface area contributed by atoms with E-state index in [0.29, 0.717) is 15.7 Å². The molecule has 0 saturated carbocycles. The van der Waals surface area contributed by atoms with Crippen LogP contribution in [-0.2, 0) is 8.87 Å². The number of aliphatic hydroxyl groups excluding tert-OH is 2. The van der Waals surface area contributed by atoms with E-state index in [-0.39, 0.29) is 11.5 Å². The molecule has 0 atom stereocenters. The molecule has 0 fully saturated rings. The number of hydrogen-bond acceptors (Lipinski definition) is 5. The van der Waals surface area contributed by atoms with E-state index < -0.39 is 15.5 Å². The van der Waals surface area contributed by atoms with Crippen molar-refractivity contribution in [2.24, 2.45) is 0 Å². The molecule has 1 heterocycles. The Bertz CT molecular complexity index is 325. The van der Waals surface area contributed by atoms with Crippen molar-refractivity contribution >= 4 is 19.7 Å². The molecule has 68 valence electrons. The van der Waals surface area contributed by atoms with E-state index in [1.54, 1.807) is 0 Å². The van der Waals surface area contributed by atoms with Gasteiger partial charge in [0.15, 0.2) is 0 Å². The second kappa shape index (κ2) is 3.61. The second-order valence-electron chi connectivity index (χ2n) is 2.12. The first kappa shape index (κ1) is 9.79. The van der Waals surface area contributed by atoms with Gasteiger partial charge in [-0.2, -0.15) is 0 Å². The molecule has 0 aliphatic carbocycles. The summed E-state index contributed by atoms with van der Waals surface area (Å²) < 4.78 is 22.3. The molecule has 4 nitrogen and oxygen atoms in total. The van der Waals surface area contributed by atoms with Crippen molar-refractivity contribution in [3.05, 3.63) is 22.0 Å². The van der Waals surface area contributed by atoms with E-state index in [1.807, 2.05) is 0 Å². The van der Waals surface area contributed by atoms with Crippen LogP contribution in [0.1, 0.15) is 0 Å². The van der Waals surface area contributed by atoms with Crippen LogP contribution in [0.4, 0.5) is 0 Å². The lowest BCUT2D eigenvalue weighted by Gasteiger charge is -2.10. The fourth-order valence-electron chi connectivity index (χ4n) is 0.702. The third-order valence-electron chi connectivity index (χ3n) is 1.30. The maximum atomic E-state index is 11.2. The number of aliphatic hydroxyl groups is 2. The SMILES string of the molecule is O=S1(=O)SC(CO)=CC=C1CO. The van der Waals surface area contributed by atoms with Gasteiger partial charge in [-0.3, -0.25) is 0 Å². The van der Waals surface area contributed by atoms with Gasteiger partial charge in [0.2, 0.25) is 8.87 Å². The van der Waals surface area contributed by atoms with Gasteiger partial charge in [-0.1, -0.05) is 0 Å². The molecule has 0 unspecified atom stereocenters. The van der Waals surface area contributed by atoms with Crippen LogP contribution in [0.25, 0.3) is 0 Å². The minimum Gasteiger partial charge on any atom is -0.391 e. The van der Waals surface area contributed by atoms with E-state index in [9.17, 15) is 8.42 Å². The van der Waals surface area contributed by atoms with Gasteiger partial charge in [0.1, 0.15) is 0 Å². The molecule has 12 heavy (non-hydrogen) atoms. The molecule has 0 aromatic heterocycles. The van der Waals surface area contributed by atoms with Crippen LogP contribution < -0.4 is 0 Å². The Kier molecular flexibility index (Phi) is 2.94. The molecular weight excluding hydrogens is 200 g/mol. The fraction of sp³-hybridized carbons (Fsp3) is 0.333. The van der Waals surface area contributed by atoms with Crippen LogP contribution in [0, 0.1) is 0 Å². The van der Waals surface area contributed by atoms with Gasteiger partial charge in [-0.05, 0) is 12.2 Å². The monoisotopic (exact) mass is 208 g/mol. The number of rotatable bonds is 2. The van der Waals surface area contributed by atoms with E-state index in [4.69, 9.17) is 10.2 Å². The van der Waals surface area contributed by atoms with Crippen molar-refractivity contribution in [3.63, 3.8) is 0 Å². The van der Waals surface area contributed by atoms with Crippen LogP contribution in [0.3, 0.4) is 0 Å². The maximum absolute atomic E-state index is 11.2. The summed E-state index contributed by atoms with van der Waals surface area (Å²) >= 11 is 0. The highest BCUT2D eigenvalue weighted by molar-refractivity contribution is 8.75. The average Bonchev–Trinajstić information content (AvgIpc) is 2.02. The second-order valence-corrected chi connectivity index (χ2v) is 6.06. The normalized spacial score (nSPS) is 21.5. The van der Waals surface area contributed by atoms with Crippen molar-refractivity contribution in [1.29, 1.82) is 0 Å². The minimum absolute atomic E-state index is 0.0234. The molecule has 2 N–H and O–H groups in total. The zero-order valence-electron chi connectivity index (χ0n) is 6.10. The third kappa shape index (κ3) is 1.89. The van der Waals surface area contributed by atoms with Crippen LogP contribution in [0.15, 0.2) is 22.0 Å². The zero-order chi connectivity index (χ0) is 9.19. The van der Waals surface area contributed by atoms with E-state index in [0.717, 1.165) is 0 Å². The first-order valence-corrected chi connectivity index (χ1v) is 5.97. The Morgan fingerprint density at radius 3 is 2.33 bits per heavy atom. The van der Waals surface area contributed by atoms with Crippen LogP contribution in [0.2, 0.25) is 0 Å². The Labute approximate surface area is 73.9 Å². The van der Waals surface area contributed by atoms with Crippen molar-refractivity contribution in [1.82, 2.24) is 0 Å². The van der Waals surface area contributed by atoms with Crippen molar-refractivity contribution in [2.45, 2.75) is 0 Å². The molecule has 0 amide bonds. The molecule has 6 heteroatoms. The summed E-state index contributed by atoms with van der Waals surface area (Å²) in [7, 11) is -2.86. The highest BCUT2D eigenvalue weighted by Crippen LogP contribution is 2.32. The smallest absolute Gasteiger partial charge is 0.232 e. The fourth-order valence-corrected chi connectivity index (χ4v) is 3.48. The summed E-state index contributed by atoms with van der Waals surface area (Å²) in [6.07, 6.45) is 2.79. The Balaban J connectivity index is 3.02. The molecule has 1 aliphatic rings. The molecule has 0 radical (unpaired) electrons. The lowest BCUT2D eigenvalue weighted by atomic mass is 10.4. The summed E-state index contributed by atoms with van der Waals surface area (Å²) in [5.41, 5.74) is 0. The standard InChI is InChI=1S/C6H8O4S2/c7-3-5-1-2-6(4-8)12(9,10)11-5/h1-2,7-8H,3-4H2. The summed E-state index contributed by atoms with van der Waals surface area (Å²) in [6, 6.07) is 0. The first-order valence-electron chi connectivity index (χ1n) is 3.16. The molecule has 0 aromatic rings. The average molecular weight is 208 g/mol. The van der Waals surface area contributed by atoms with E-state index in [1.165, 1.54) is 12.2 Å². The molecule has 0 bridgehead atoms. The number of allylic oxidation sites excluding steroid dienone is 2. The van der Waals surface area contributed by atoms with Gasteiger partial charge in [0, 0.05) is 15.7 Å². The minimum atomic E-state index is -3.44. The maximum Gasteiger partial charge on any atom is 0.232 e. The topological polar surface area (TPSA) is 74.6 Å². The Hall–Kier alpha value is -0.300. The summed E-state index contributed by atoms with van der Waals surface area (Å²) in [4.78, 5) is 0.344. The molecule has 0 saturated heterocycles. The molecule has 0 spiro atoms. The lowest BCUT2D eigenvalue weighted by Crippen LogP contribution is -2.07. The summed E-state index contributed by atoms with van der Waals surface area (Å²) in [5.74, 6) is 0. The quantitative estimate of drug-likeness (QED) is 0.615. The third-order valence-corrected chi connectivity index (χ3v) is 4.85. The largest absolute Gasteiger partial charge is 0.391 e. The molecular formula is C6H8O4S2. The summed E-state index contributed by atoms with van der Waals surface area (Å²) in [5, 5.41) is 17.3. The highest BCUT2D eigenvalue weighted by Gasteiger charge is 2.22. The van der Waals surface area contributed by atoms with Gasteiger partial charge in [0.05, 0.1) is 18.1 Å². The van der Waals surface area contributed by atoms with Gasteiger partial charge in [0.25, 0.3) is 0 Å². The van der Waals surface area contributed by atoms with E-state index >= 15 is 0 Å². The predicted octanol–water partition coefficient (Wildman–Crippen LogP) is -0.185. The lowest BCUT2D eigenvalue weighted by molar-refractivity contribution is 0.336.